The molecule has 1 amide bonds. The molecule has 3 aromatic carbocycles. The third-order valence-corrected chi connectivity index (χ3v) is 5.17. The van der Waals surface area contributed by atoms with E-state index in [0.717, 1.165) is 15.6 Å². The summed E-state index contributed by atoms with van der Waals surface area (Å²) in [5, 5.41) is 4.05. The van der Waals surface area contributed by atoms with E-state index in [-0.39, 0.29) is 5.91 Å². The standard InChI is InChI=1S/C25H25BrN2O5/c1-4-32-24-20(26)12-18(13-23(24)31-3)15-27-28-25(29)19-10-11-21(22(14-19)30-2)33-16-17-8-6-5-7-9-17/h5-15H,4,16H2,1-3H3,(H,28,29)/b27-15+. The summed E-state index contributed by atoms with van der Waals surface area (Å²) in [4.78, 5) is 12.5. The average molecular weight is 513 g/mol. The Hall–Kier alpha value is -3.52. The van der Waals surface area contributed by atoms with Crippen molar-refractivity contribution in [2.24, 2.45) is 5.10 Å². The summed E-state index contributed by atoms with van der Waals surface area (Å²) >= 11 is 3.47. The quantitative estimate of drug-likeness (QED) is 0.298. The smallest absolute Gasteiger partial charge is 0.271 e. The maximum atomic E-state index is 12.5. The van der Waals surface area contributed by atoms with Crippen LogP contribution in [0.15, 0.2) is 70.2 Å². The molecule has 0 radical (unpaired) electrons. The topological polar surface area (TPSA) is 78.4 Å². The maximum Gasteiger partial charge on any atom is 0.271 e. The zero-order valence-electron chi connectivity index (χ0n) is 18.6. The van der Waals surface area contributed by atoms with E-state index in [1.165, 1.54) is 13.3 Å². The van der Waals surface area contributed by atoms with Crippen LogP contribution in [0.2, 0.25) is 0 Å². The summed E-state index contributed by atoms with van der Waals surface area (Å²) < 4.78 is 22.9. The van der Waals surface area contributed by atoms with Gasteiger partial charge in [0.25, 0.3) is 5.91 Å². The first-order chi connectivity index (χ1) is 16.0. The zero-order chi connectivity index (χ0) is 23.6. The Kier molecular flexibility index (Phi) is 8.71. The van der Waals surface area contributed by atoms with Crippen LogP contribution in [0, 0.1) is 0 Å². The number of halogens is 1. The zero-order valence-corrected chi connectivity index (χ0v) is 20.2. The van der Waals surface area contributed by atoms with Crippen molar-refractivity contribution in [2.45, 2.75) is 13.5 Å². The fraction of sp³-hybridized carbons (Fsp3) is 0.200. The third kappa shape index (κ3) is 6.49. The predicted molar refractivity (Wildman–Crippen MR) is 131 cm³/mol. The fourth-order valence-electron chi connectivity index (χ4n) is 2.99. The molecule has 33 heavy (non-hydrogen) atoms. The van der Waals surface area contributed by atoms with E-state index in [4.69, 9.17) is 18.9 Å². The second-order valence-electron chi connectivity index (χ2n) is 6.81. The lowest BCUT2D eigenvalue weighted by Crippen LogP contribution is -2.17. The minimum absolute atomic E-state index is 0.379. The van der Waals surface area contributed by atoms with Crippen molar-refractivity contribution >= 4 is 28.1 Å². The molecule has 172 valence electrons. The second-order valence-corrected chi connectivity index (χ2v) is 7.66. The van der Waals surface area contributed by atoms with Crippen LogP contribution in [0.3, 0.4) is 0 Å². The van der Waals surface area contributed by atoms with Crippen LogP contribution >= 0.6 is 15.9 Å². The number of methoxy groups -OCH3 is 2. The van der Waals surface area contributed by atoms with E-state index in [9.17, 15) is 4.79 Å². The Morgan fingerprint density at radius 2 is 1.73 bits per heavy atom. The van der Waals surface area contributed by atoms with Crippen molar-refractivity contribution in [2.75, 3.05) is 20.8 Å². The number of carbonyl (C=O) groups is 1. The molecule has 0 unspecified atom stereocenters. The number of nitrogens with one attached hydrogen (secondary N) is 1. The van der Waals surface area contributed by atoms with Crippen molar-refractivity contribution in [1.82, 2.24) is 5.43 Å². The van der Waals surface area contributed by atoms with Crippen LogP contribution in [0.25, 0.3) is 0 Å². The summed E-state index contributed by atoms with van der Waals surface area (Å²) in [6, 6.07) is 18.4. The van der Waals surface area contributed by atoms with E-state index >= 15 is 0 Å². The van der Waals surface area contributed by atoms with Gasteiger partial charge in [-0.25, -0.2) is 5.43 Å². The lowest BCUT2D eigenvalue weighted by molar-refractivity contribution is 0.0954. The summed E-state index contributed by atoms with van der Waals surface area (Å²) in [5.74, 6) is 1.81. The molecule has 0 spiro atoms. The summed E-state index contributed by atoms with van der Waals surface area (Å²) in [5.41, 5.74) is 4.67. The second kappa shape index (κ2) is 11.9. The highest BCUT2D eigenvalue weighted by molar-refractivity contribution is 9.10. The molecule has 0 aliphatic rings. The number of hydrogen-bond donors (Lipinski definition) is 1. The van der Waals surface area contributed by atoms with Crippen LogP contribution in [0.1, 0.15) is 28.4 Å². The van der Waals surface area contributed by atoms with E-state index < -0.39 is 0 Å². The Morgan fingerprint density at radius 3 is 2.42 bits per heavy atom. The summed E-state index contributed by atoms with van der Waals surface area (Å²) in [6.07, 6.45) is 1.52. The molecular weight excluding hydrogens is 488 g/mol. The van der Waals surface area contributed by atoms with E-state index in [1.807, 2.05) is 43.3 Å². The van der Waals surface area contributed by atoms with Crippen molar-refractivity contribution in [3.05, 3.63) is 81.8 Å². The number of hydrogen-bond acceptors (Lipinski definition) is 6. The lowest BCUT2D eigenvalue weighted by atomic mass is 10.2. The van der Waals surface area contributed by atoms with Gasteiger partial charge < -0.3 is 18.9 Å². The van der Waals surface area contributed by atoms with Gasteiger partial charge >= 0.3 is 0 Å². The first-order valence-corrected chi connectivity index (χ1v) is 11.0. The van der Waals surface area contributed by atoms with Crippen LogP contribution in [0.4, 0.5) is 0 Å². The van der Waals surface area contributed by atoms with Gasteiger partial charge in [0, 0.05) is 5.56 Å². The molecule has 0 saturated carbocycles. The number of benzene rings is 3. The minimum Gasteiger partial charge on any atom is -0.493 e. The van der Waals surface area contributed by atoms with Gasteiger partial charge in [-0.15, -0.1) is 0 Å². The van der Waals surface area contributed by atoms with Gasteiger partial charge in [-0.1, -0.05) is 30.3 Å². The molecule has 1 N–H and O–H groups in total. The molecule has 8 heteroatoms. The maximum absolute atomic E-state index is 12.5. The van der Waals surface area contributed by atoms with E-state index in [1.54, 1.807) is 31.4 Å². The normalized spacial score (nSPS) is 10.7. The van der Waals surface area contributed by atoms with Crippen molar-refractivity contribution in [3.8, 4) is 23.0 Å². The van der Waals surface area contributed by atoms with Crippen LogP contribution < -0.4 is 24.4 Å². The lowest BCUT2D eigenvalue weighted by Gasteiger charge is -2.12. The molecule has 0 fully saturated rings. The van der Waals surface area contributed by atoms with Crippen molar-refractivity contribution < 1.29 is 23.7 Å². The van der Waals surface area contributed by atoms with Gasteiger partial charge in [0.05, 0.1) is 31.5 Å². The van der Waals surface area contributed by atoms with Crippen LogP contribution in [0.5, 0.6) is 23.0 Å². The molecule has 7 nitrogen and oxygen atoms in total. The highest BCUT2D eigenvalue weighted by Crippen LogP contribution is 2.36. The molecule has 3 aromatic rings. The first-order valence-electron chi connectivity index (χ1n) is 10.2. The number of carbonyl (C=O) groups excluding carboxylic acids is 1. The van der Waals surface area contributed by atoms with Gasteiger partial charge in [-0.3, -0.25) is 4.79 Å². The van der Waals surface area contributed by atoms with Gasteiger partial charge in [-0.05, 0) is 64.3 Å². The predicted octanol–water partition coefficient (Wildman–Crippen LogP) is 5.21. The van der Waals surface area contributed by atoms with Gasteiger partial charge in [0.15, 0.2) is 23.0 Å². The molecule has 0 saturated heterocycles. The monoisotopic (exact) mass is 512 g/mol. The molecule has 0 heterocycles. The Labute approximate surface area is 201 Å². The van der Waals surface area contributed by atoms with Crippen molar-refractivity contribution in [1.29, 1.82) is 0 Å². The Balaban J connectivity index is 1.66. The SMILES string of the molecule is CCOc1c(Br)cc(/C=N/NC(=O)c2ccc(OCc3ccccc3)c(OC)c2)cc1OC. The van der Waals surface area contributed by atoms with Crippen LogP contribution in [-0.2, 0) is 6.61 Å². The highest BCUT2D eigenvalue weighted by atomic mass is 79.9. The van der Waals surface area contributed by atoms with E-state index in [2.05, 4.69) is 26.5 Å². The number of hydrazone groups is 1. The number of rotatable bonds is 10. The summed E-state index contributed by atoms with van der Waals surface area (Å²) in [6.45, 7) is 2.81. The molecule has 3 rings (SSSR count). The number of amides is 1. The van der Waals surface area contributed by atoms with Crippen LogP contribution in [-0.4, -0.2) is 32.9 Å². The molecule has 0 aromatic heterocycles. The number of ether oxygens (including phenoxy) is 4. The average Bonchev–Trinajstić information content (AvgIpc) is 2.84. The first kappa shape index (κ1) is 24.1. The van der Waals surface area contributed by atoms with Gasteiger partial charge in [0.2, 0.25) is 0 Å². The minimum atomic E-state index is -0.379. The Morgan fingerprint density at radius 1 is 0.970 bits per heavy atom. The fourth-order valence-corrected chi connectivity index (χ4v) is 3.57. The van der Waals surface area contributed by atoms with Crippen molar-refractivity contribution in [3.63, 3.8) is 0 Å². The summed E-state index contributed by atoms with van der Waals surface area (Å²) in [7, 11) is 3.09. The molecule has 0 aliphatic carbocycles. The molecule has 0 bridgehead atoms. The Bertz CT molecular complexity index is 1120. The number of nitrogens with zero attached hydrogens (tertiary/aromatic N) is 1. The largest absolute Gasteiger partial charge is 0.493 e. The van der Waals surface area contributed by atoms with Gasteiger partial charge in [-0.2, -0.15) is 5.10 Å². The third-order valence-electron chi connectivity index (χ3n) is 4.58. The van der Waals surface area contributed by atoms with Gasteiger partial charge in [0.1, 0.15) is 6.61 Å². The molecular formula is C25H25BrN2O5. The highest BCUT2D eigenvalue weighted by Gasteiger charge is 2.12. The van der Waals surface area contributed by atoms with E-state index in [0.29, 0.717) is 41.8 Å². The molecule has 0 aliphatic heterocycles. The molecule has 0 atom stereocenters.